The van der Waals surface area contributed by atoms with Crippen LogP contribution in [-0.2, 0) is 0 Å². The van der Waals surface area contributed by atoms with Crippen LogP contribution in [0.25, 0.3) is 10.8 Å². The lowest BCUT2D eigenvalue weighted by molar-refractivity contribution is 0.0697. The molecule has 0 atom stereocenters. The van der Waals surface area contributed by atoms with Crippen LogP contribution < -0.4 is 10.7 Å². The SMILES string of the molecule is O=C(O)c1cccc(NC(=S)N/N=C/c2cccc3ccccc23)c1. The summed E-state index contributed by atoms with van der Waals surface area (Å²) in [6.45, 7) is 0. The number of nitrogens with one attached hydrogen (secondary N) is 2. The topological polar surface area (TPSA) is 73.7 Å². The van der Waals surface area contributed by atoms with E-state index in [2.05, 4.69) is 15.8 Å². The van der Waals surface area contributed by atoms with Gasteiger partial charge in [-0.15, -0.1) is 0 Å². The van der Waals surface area contributed by atoms with Crippen LogP contribution in [0.3, 0.4) is 0 Å². The first-order chi connectivity index (χ1) is 12.1. The minimum atomic E-state index is -0.989. The molecule has 25 heavy (non-hydrogen) atoms. The first kappa shape index (κ1) is 16.6. The lowest BCUT2D eigenvalue weighted by Crippen LogP contribution is -2.24. The van der Waals surface area contributed by atoms with Crippen molar-refractivity contribution < 1.29 is 9.90 Å². The molecule has 3 aromatic rings. The Morgan fingerprint density at radius 1 is 1.04 bits per heavy atom. The molecule has 124 valence electrons. The number of aromatic carboxylic acids is 1. The van der Waals surface area contributed by atoms with Gasteiger partial charge in [0.1, 0.15) is 0 Å². The van der Waals surface area contributed by atoms with E-state index in [1.807, 2.05) is 42.5 Å². The van der Waals surface area contributed by atoms with Crippen LogP contribution in [0, 0.1) is 0 Å². The van der Waals surface area contributed by atoms with Crippen molar-refractivity contribution in [3.63, 3.8) is 0 Å². The highest BCUT2D eigenvalue weighted by Crippen LogP contribution is 2.16. The third-order valence-electron chi connectivity index (χ3n) is 3.56. The van der Waals surface area contributed by atoms with E-state index >= 15 is 0 Å². The number of carboxylic acid groups (broad SMARTS) is 1. The van der Waals surface area contributed by atoms with Crippen LogP contribution in [0.1, 0.15) is 15.9 Å². The summed E-state index contributed by atoms with van der Waals surface area (Å²) in [6.07, 6.45) is 1.70. The van der Waals surface area contributed by atoms with E-state index in [0.29, 0.717) is 5.69 Å². The van der Waals surface area contributed by atoms with E-state index in [1.165, 1.54) is 12.1 Å². The molecular formula is C19H15N3O2S. The molecule has 3 rings (SSSR count). The predicted octanol–water partition coefficient (Wildman–Crippen LogP) is 3.86. The summed E-state index contributed by atoms with van der Waals surface area (Å²) in [5.74, 6) is -0.989. The maximum absolute atomic E-state index is 11.0. The number of rotatable bonds is 4. The number of hydrazone groups is 1. The molecule has 5 nitrogen and oxygen atoms in total. The lowest BCUT2D eigenvalue weighted by Gasteiger charge is -2.07. The van der Waals surface area contributed by atoms with Crippen LogP contribution in [-0.4, -0.2) is 22.4 Å². The van der Waals surface area contributed by atoms with Crippen molar-refractivity contribution in [3.05, 3.63) is 77.9 Å². The molecule has 0 unspecified atom stereocenters. The molecule has 0 aromatic heterocycles. The number of thiocarbonyl (C=S) groups is 1. The number of hydrogen-bond acceptors (Lipinski definition) is 3. The summed E-state index contributed by atoms with van der Waals surface area (Å²) < 4.78 is 0. The second kappa shape index (κ2) is 7.55. The molecule has 0 aliphatic rings. The van der Waals surface area contributed by atoms with Crippen molar-refractivity contribution in [1.29, 1.82) is 0 Å². The molecule has 3 N–H and O–H groups in total. The maximum atomic E-state index is 11.0. The number of nitrogens with zero attached hydrogens (tertiary/aromatic N) is 1. The standard InChI is InChI=1S/C19H15N3O2S/c23-18(24)14-7-4-9-16(11-14)21-19(25)22-20-12-15-8-3-6-13-5-1-2-10-17(13)15/h1-12H,(H,23,24)(H2,21,22,25)/b20-12+. The average Bonchev–Trinajstić information content (AvgIpc) is 2.62. The molecule has 0 amide bonds. The second-order valence-electron chi connectivity index (χ2n) is 5.28. The first-order valence-electron chi connectivity index (χ1n) is 7.55. The largest absolute Gasteiger partial charge is 0.478 e. The number of anilines is 1. The molecule has 6 heteroatoms. The van der Waals surface area contributed by atoms with Gasteiger partial charge in [-0.25, -0.2) is 4.79 Å². The van der Waals surface area contributed by atoms with Crippen LogP contribution in [0.5, 0.6) is 0 Å². The number of fused-ring (bicyclic) bond motifs is 1. The Balaban J connectivity index is 1.66. The third kappa shape index (κ3) is 4.19. The average molecular weight is 349 g/mol. The normalized spacial score (nSPS) is 10.7. The van der Waals surface area contributed by atoms with Crippen molar-refractivity contribution in [2.24, 2.45) is 5.10 Å². The van der Waals surface area contributed by atoms with E-state index in [0.717, 1.165) is 16.3 Å². The van der Waals surface area contributed by atoms with Crippen molar-refractivity contribution in [1.82, 2.24) is 5.43 Å². The number of benzene rings is 3. The zero-order valence-corrected chi connectivity index (χ0v) is 14.0. The summed E-state index contributed by atoms with van der Waals surface area (Å²) in [4.78, 5) is 11.0. The van der Waals surface area contributed by atoms with E-state index < -0.39 is 5.97 Å². The Morgan fingerprint density at radius 2 is 1.80 bits per heavy atom. The molecular weight excluding hydrogens is 334 g/mol. The fourth-order valence-corrected chi connectivity index (χ4v) is 2.58. The minimum absolute atomic E-state index is 0.187. The van der Waals surface area contributed by atoms with Gasteiger partial charge in [0.15, 0.2) is 5.11 Å². The van der Waals surface area contributed by atoms with Crippen LogP contribution in [0.2, 0.25) is 0 Å². The Morgan fingerprint density at radius 3 is 2.64 bits per heavy atom. The van der Waals surface area contributed by atoms with Crippen molar-refractivity contribution in [2.45, 2.75) is 0 Å². The first-order valence-corrected chi connectivity index (χ1v) is 7.95. The Labute approximate surface area is 150 Å². The van der Waals surface area contributed by atoms with Crippen molar-refractivity contribution in [2.75, 3.05) is 5.32 Å². The zero-order chi connectivity index (χ0) is 17.6. The van der Waals surface area contributed by atoms with E-state index in [9.17, 15) is 4.79 Å². The summed E-state index contributed by atoms with van der Waals surface area (Å²) in [5, 5.41) is 18.6. The molecule has 0 radical (unpaired) electrons. The van der Waals surface area contributed by atoms with E-state index in [-0.39, 0.29) is 10.7 Å². The zero-order valence-electron chi connectivity index (χ0n) is 13.1. The quantitative estimate of drug-likeness (QED) is 0.379. The van der Waals surface area contributed by atoms with Gasteiger partial charge in [0.25, 0.3) is 0 Å². The molecule has 3 aromatic carbocycles. The molecule has 0 heterocycles. The van der Waals surface area contributed by atoms with Gasteiger partial charge >= 0.3 is 5.97 Å². The number of hydrogen-bond donors (Lipinski definition) is 3. The monoisotopic (exact) mass is 349 g/mol. The second-order valence-corrected chi connectivity index (χ2v) is 5.69. The van der Waals surface area contributed by atoms with Gasteiger partial charge in [-0.2, -0.15) is 5.10 Å². The number of carbonyl (C=O) groups is 1. The molecule has 0 spiro atoms. The smallest absolute Gasteiger partial charge is 0.335 e. The molecule has 0 aliphatic heterocycles. The molecule has 0 fully saturated rings. The summed E-state index contributed by atoms with van der Waals surface area (Å²) in [7, 11) is 0. The Bertz CT molecular complexity index is 964. The van der Waals surface area contributed by atoms with E-state index in [4.69, 9.17) is 17.3 Å². The van der Waals surface area contributed by atoms with Gasteiger partial charge in [-0.1, -0.05) is 48.5 Å². The summed E-state index contributed by atoms with van der Waals surface area (Å²) >= 11 is 5.17. The maximum Gasteiger partial charge on any atom is 0.335 e. The molecule has 0 bridgehead atoms. The lowest BCUT2D eigenvalue weighted by atomic mass is 10.1. The number of carboxylic acids is 1. The Kier molecular flexibility index (Phi) is 5.01. The fourth-order valence-electron chi connectivity index (χ4n) is 2.41. The highest BCUT2D eigenvalue weighted by molar-refractivity contribution is 7.80. The van der Waals surface area contributed by atoms with Gasteiger partial charge in [-0.3, -0.25) is 5.43 Å². The summed E-state index contributed by atoms with van der Waals surface area (Å²) in [6, 6.07) is 20.4. The van der Waals surface area contributed by atoms with Gasteiger partial charge < -0.3 is 10.4 Å². The van der Waals surface area contributed by atoms with Gasteiger partial charge in [0.2, 0.25) is 0 Å². The van der Waals surface area contributed by atoms with Gasteiger partial charge in [0.05, 0.1) is 11.8 Å². The third-order valence-corrected chi connectivity index (χ3v) is 3.75. The molecule has 0 aliphatic carbocycles. The van der Waals surface area contributed by atoms with Gasteiger partial charge in [0, 0.05) is 11.3 Å². The summed E-state index contributed by atoms with van der Waals surface area (Å²) in [5.41, 5.74) is 4.48. The highest BCUT2D eigenvalue weighted by atomic mass is 32.1. The van der Waals surface area contributed by atoms with Gasteiger partial charge in [-0.05, 0) is 41.2 Å². The minimum Gasteiger partial charge on any atom is -0.478 e. The van der Waals surface area contributed by atoms with Crippen molar-refractivity contribution >= 4 is 46.0 Å². The van der Waals surface area contributed by atoms with Crippen molar-refractivity contribution in [3.8, 4) is 0 Å². The van der Waals surface area contributed by atoms with E-state index in [1.54, 1.807) is 18.3 Å². The predicted molar refractivity (Wildman–Crippen MR) is 104 cm³/mol. The van der Waals surface area contributed by atoms with Crippen LogP contribution in [0.15, 0.2) is 71.8 Å². The highest BCUT2D eigenvalue weighted by Gasteiger charge is 2.04. The molecule has 0 saturated heterocycles. The Hall–Kier alpha value is -3.25. The fraction of sp³-hybridized carbons (Fsp3) is 0. The van der Waals surface area contributed by atoms with Crippen LogP contribution in [0.4, 0.5) is 5.69 Å². The van der Waals surface area contributed by atoms with Crippen LogP contribution >= 0.6 is 12.2 Å². The molecule has 0 saturated carbocycles.